The second-order valence-corrected chi connectivity index (χ2v) is 7.25. The first-order valence-electron chi connectivity index (χ1n) is 8.40. The van der Waals surface area contributed by atoms with E-state index >= 15 is 0 Å². The van der Waals surface area contributed by atoms with E-state index in [0.29, 0.717) is 11.6 Å². The fourth-order valence-electron chi connectivity index (χ4n) is 3.19. The predicted molar refractivity (Wildman–Crippen MR) is 95.4 cm³/mol. The Morgan fingerprint density at radius 3 is 2.80 bits per heavy atom. The van der Waals surface area contributed by atoms with Crippen molar-refractivity contribution in [1.82, 2.24) is 10.2 Å². The van der Waals surface area contributed by atoms with Gasteiger partial charge in [0.15, 0.2) is 0 Å². The van der Waals surface area contributed by atoms with E-state index in [1.807, 2.05) is 30.3 Å². The van der Waals surface area contributed by atoms with Crippen molar-refractivity contribution < 1.29 is 14.3 Å². The van der Waals surface area contributed by atoms with Gasteiger partial charge in [-0.2, -0.15) is 0 Å². The Bertz CT molecular complexity index is 732. The number of esters is 1. The zero-order valence-corrected chi connectivity index (χ0v) is 14.9. The predicted octanol–water partition coefficient (Wildman–Crippen LogP) is 3.17. The van der Waals surface area contributed by atoms with Gasteiger partial charge in [0.2, 0.25) is 11.0 Å². The topological polar surface area (TPSA) is 81.2 Å². The molecule has 1 aliphatic rings. The summed E-state index contributed by atoms with van der Waals surface area (Å²) in [6.45, 7) is 0. The maximum atomic E-state index is 12.1. The third kappa shape index (κ3) is 4.63. The minimum atomic E-state index is -0.148. The van der Waals surface area contributed by atoms with E-state index in [-0.39, 0.29) is 23.7 Å². The molecule has 1 aromatic heterocycles. The van der Waals surface area contributed by atoms with Crippen LogP contribution in [0.1, 0.15) is 42.2 Å². The van der Waals surface area contributed by atoms with E-state index in [1.165, 1.54) is 18.4 Å². The fraction of sp³-hybridized carbons (Fsp3) is 0.444. The number of nitrogens with zero attached hydrogens (tertiary/aromatic N) is 2. The zero-order valence-electron chi connectivity index (χ0n) is 14.1. The van der Waals surface area contributed by atoms with Gasteiger partial charge >= 0.3 is 5.97 Å². The van der Waals surface area contributed by atoms with Crippen LogP contribution in [0.25, 0.3) is 0 Å². The molecule has 0 unspecified atom stereocenters. The molecule has 1 fully saturated rings. The van der Waals surface area contributed by atoms with Gasteiger partial charge in [0.25, 0.3) is 0 Å². The van der Waals surface area contributed by atoms with Crippen LogP contribution in [-0.4, -0.2) is 29.2 Å². The number of anilines is 1. The fourth-order valence-corrected chi connectivity index (χ4v) is 4.10. The third-order valence-electron chi connectivity index (χ3n) is 4.45. The summed E-state index contributed by atoms with van der Waals surface area (Å²) < 4.78 is 4.86. The summed E-state index contributed by atoms with van der Waals surface area (Å²) in [6.07, 6.45) is 3.87. The first kappa shape index (κ1) is 17.5. The molecule has 0 radical (unpaired) electrons. The highest BCUT2D eigenvalue weighted by Gasteiger charge is 2.30. The zero-order chi connectivity index (χ0) is 17.6. The Balaban J connectivity index is 1.58. The summed E-state index contributed by atoms with van der Waals surface area (Å²) in [5, 5.41) is 12.5. The van der Waals surface area contributed by atoms with Crippen molar-refractivity contribution in [3.05, 3.63) is 40.9 Å². The minimum Gasteiger partial charge on any atom is -0.469 e. The molecule has 2 aromatic rings. The van der Waals surface area contributed by atoms with Gasteiger partial charge in [-0.05, 0) is 24.8 Å². The van der Waals surface area contributed by atoms with E-state index in [0.717, 1.165) is 36.3 Å². The lowest BCUT2D eigenvalue weighted by atomic mass is 9.82. The molecule has 0 bridgehead atoms. The van der Waals surface area contributed by atoms with Crippen molar-refractivity contribution in [3.8, 4) is 0 Å². The molecule has 25 heavy (non-hydrogen) atoms. The van der Waals surface area contributed by atoms with Gasteiger partial charge in [0.05, 0.1) is 19.4 Å². The molecule has 0 aliphatic heterocycles. The van der Waals surface area contributed by atoms with Gasteiger partial charge in [0.1, 0.15) is 5.01 Å². The van der Waals surface area contributed by atoms with Crippen LogP contribution in [-0.2, 0) is 20.7 Å². The van der Waals surface area contributed by atoms with Crippen LogP contribution in [0.5, 0.6) is 0 Å². The van der Waals surface area contributed by atoms with Gasteiger partial charge in [-0.25, -0.2) is 0 Å². The number of methoxy groups -OCH3 is 1. The van der Waals surface area contributed by atoms with Crippen LogP contribution >= 0.6 is 11.3 Å². The van der Waals surface area contributed by atoms with E-state index in [9.17, 15) is 9.59 Å². The SMILES string of the molecule is COC(=O)[C@@H]1CCC[C@@H](c2nnc(NC(=O)Cc3ccccc3)s2)C1. The lowest BCUT2D eigenvalue weighted by molar-refractivity contribution is -0.146. The molecular weight excluding hydrogens is 338 g/mol. The molecule has 1 saturated carbocycles. The molecule has 7 heteroatoms. The summed E-state index contributed by atoms with van der Waals surface area (Å²) in [5.41, 5.74) is 0.956. The molecular formula is C18H21N3O3S. The van der Waals surface area contributed by atoms with Gasteiger partial charge < -0.3 is 10.1 Å². The Morgan fingerprint density at radius 1 is 1.24 bits per heavy atom. The Kier molecular flexibility index (Phi) is 5.75. The van der Waals surface area contributed by atoms with Crippen LogP contribution < -0.4 is 5.32 Å². The highest BCUT2D eigenvalue weighted by atomic mass is 32.1. The van der Waals surface area contributed by atoms with Crippen molar-refractivity contribution in [2.45, 2.75) is 38.0 Å². The van der Waals surface area contributed by atoms with Gasteiger partial charge in [-0.3, -0.25) is 9.59 Å². The largest absolute Gasteiger partial charge is 0.469 e. The molecule has 1 aliphatic carbocycles. The highest BCUT2D eigenvalue weighted by molar-refractivity contribution is 7.15. The first-order valence-corrected chi connectivity index (χ1v) is 9.22. The van der Waals surface area contributed by atoms with E-state index in [4.69, 9.17) is 4.74 Å². The summed E-state index contributed by atoms with van der Waals surface area (Å²) in [4.78, 5) is 23.9. The second kappa shape index (κ2) is 8.20. The average Bonchev–Trinajstić information content (AvgIpc) is 3.10. The summed E-state index contributed by atoms with van der Waals surface area (Å²) >= 11 is 1.39. The van der Waals surface area contributed by atoms with Crippen molar-refractivity contribution in [2.75, 3.05) is 12.4 Å². The molecule has 132 valence electrons. The van der Waals surface area contributed by atoms with Gasteiger partial charge in [0, 0.05) is 5.92 Å². The number of aromatic nitrogens is 2. The standard InChI is InChI=1S/C18H21N3O3S/c1-24-17(23)14-9-5-8-13(11-14)16-20-21-18(25-16)19-15(22)10-12-6-3-2-4-7-12/h2-4,6-7,13-14H,5,8-11H2,1H3,(H,19,21,22)/t13-,14-/m1/s1. The van der Waals surface area contributed by atoms with Gasteiger partial charge in [-0.1, -0.05) is 48.1 Å². The number of amides is 1. The third-order valence-corrected chi connectivity index (χ3v) is 5.45. The van der Waals surface area contributed by atoms with Crippen molar-refractivity contribution in [3.63, 3.8) is 0 Å². The number of nitrogens with one attached hydrogen (secondary N) is 1. The Labute approximate surface area is 150 Å². The molecule has 3 rings (SSSR count). The van der Waals surface area contributed by atoms with Crippen molar-refractivity contribution in [1.29, 1.82) is 0 Å². The smallest absolute Gasteiger partial charge is 0.308 e. The lowest BCUT2D eigenvalue weighted by Gasteiger charge is -2.25. The number of benzene rings is 1. The van der Waals surface area contributed by atoms with E-state index < -0.39 is 0 Å². The monoisotopic (exact) mass is 359 g/mol. The van der Waals surface area contributed by atoms with Crippen LogP contribution in [0.4, 0.5) is 5.13 Å². The molecule has 1 amide bonds. The first-order chi connectivity index (χ1) is 12.2. The molecule has 6 nitrogen and oxygen atoms in total. The molecule has 1 N–H and O–H groups in total. The maximum Gasteiger partial charge on any atom is 0.308 e. The Morgan fingerprint density at radius 2 is 2.04 bits per heavy atom. The van der Waals surface area contributed by atoms with E-state index in [1.54, 1.807) is 0 Å². The molecule has 0 saturated heterocycles. The van der Waals surface area contributed by atoms with Crippen LogP contribution in [0.3, 0.4) is 0 Å². The quantitative estimate of drug-likeness (QED) is 0.829. The number of ether oxygens (including phenoxy) is 1. The van der Waals surface area contributed by atoms with Crippen LogP contribution in [0.15, 0.2) is 30.3 Å². The Hall–Kier alpha value is -2.28. The van der Waals surface area contributed by atoms with Crippen molar-refractivity contribution in [2.24, 2.45) is 5.92 Å². The number of carbonyl (C=O) groups is 2. The summed E-state index contributed by atoms with van der Waals surface area (Å²) in [7, 11) is 1.43. The molecule has 0 spiro atoms. The van der Waals surface area contributed by atoms with Crippen LogP contribution in [0.2, 0.25) is 0 Å². The van der Waals surface area contributed by atoms with Gasteiger partial charge in [-0.15, -0.1) is 10.2 Å². The molecule has 2 atom stereocenters. The maximum absolute atomic E-state index is 12.1. The van der Waals surface area contributed by atoms with Crippen LogP contribution in [0, 0.1) is 5.92 Å². The van der Waals surface area contributed by atoms with Crippen molar-refractivity contribution >= 4 is 28.3 Å². The number of hydrogen-bond acceptors (Lipinski definition) is 6. The second-order valence-electron chi connectivity index (χ2n) is 6.24. The minimum absolute atomic E-state index is 0.0660. The summed E-state index contributed by atoms with van der Waals surface area (Å²) in [5.74, 6) is -0.116. The number of carbonyl (C=O) groups excluding carboxylic acids is 2. The van der Waals surface area contributed by atoms with E-state index in [2.05, 4.69) is 15.5 Å². The average molecular weight is 359 g/mol. The highest BCUT2D eigenvalue weighted by Crippen LogP contribution is 2.38. The summed E-state index contributed by atoms with van der Waals surface area (Å²) in [6, 6.07) is 9.57. The molecule has 1 aromatic carbocycles. The molecule has 1 heterocycles. The number of rotatable bonds is 5. The normalized spacial score (nSPS) is 20.0. The number of hydrogen-bond donors (Lipinski definition) is 1. The lowest BCUT2D eigenvalue weighted by Crippen LogP contribution is -2.23.